The molecule has 3 nitrogen and oxygen atoms in total. The summed E-state index contributed by atoms with van der Waals surface area (Å²) < 4.78 is 5.99. The third kappa shape index (κ3) is 4.71. The van der Waals surface area contributed by atoms with E-state index in [1.54, 1.807) is 0 Å². The molecule has 2 aliphatic rings. The fourth-order valence-electron chi connectivity index (χ4n) is 3.74. The Bertz CT molecular complexity index is 280. The predicted molar refractivity (Wildman–Crippen MR) is 82.9 cm³/mol. The van der Waals surface area contributed by atoms with Gasteiger partial charge in [-0.2, -0.15) is 0 Å². The molecule has 0 saturated heterocycles. The van der Waals surface area contributed by atoms with Crippen LogP contribution in [0.3, 0.4) is 0 Å². The molecule has 0 aromatic carbocycles. The first-order valence-electron chi connectivity index (χ1n) is 8.45. The van der Waals surface area contributed by atoms with Gasteiger partial charge in [0.15, 0.2) is 0 Å². The second-order valence-corrected chi connectivity index (χ2v) is 7.94. The SMILES string of the molecule is CC(C)(C)OC1CC(NCC2(CCO)CCCCC2)C1. The standard InChI is InChI=1S/C17H33NO2/c1-16(2,3)20-15-11-14(12-15)18-13-17(9-10-19)7-5-4-6-8-17/h14-15,18-19H,4-13H2,1-3H3. The normalized spacial score (nSPS) is 30.0. The summed E-state index contributed by atoms with van der Waals surface area (Å²) in [4.78, 5) is 0. The molecule has 0 spiro atoms. The van der Waals surface area contributed by atoms with Crippen molar-refractivity contribution in [1.82, 2.24) is 5.32 Å². The van der Waals surface area contributed by atoms with Crippen LogP contribution in [0.5, 0.6) is 0 Å². The Balaban J connectivity index is 1.70. The number of rotatable bonds is 6. The Morgan fingerprint density at radius 2 is 1.80 bits per heavy atom. The quantitative estimate of drug-likeness (QED) is 0.786. The van der Waals surface area contributed by atoms with Crippen molar-refractivity contribution in [3.63, 3.8) is 0 Å². The molecule has 2 fully saturated rings. The molecule has 0 aliphatic heterocycles. The first-order valence-corrected chi connectivity index (χ1v) is 8.45. The van der Waals surface area contributed by atoms with Crippen LogP contribution >= 0.6 is 0 Å². The maximum atomic E-state index is 9.34. The van der Waals surface area contributed by atoms with Crippen LogP contribution in [0.25, 0.3) is 0 Å². The lowest BCUT2D eigenvalue weighted by atomic mass is 9.71. The average Bonchev–Trinajstić information content (AvgIpc) is 2.32. The van der Waals surface area contributed by atoms with Crippen molar-refractivity contribution < 1.29 is 9.84 Å². The topological polar surface area (TPSA) is 41.5 Å². The van der Waals surface area contributed by atoms with E-state index in [2.05, 4.69) is 26.1 Å². The fourth-order valence-corrected chi connectivity index (χ4v) is 3.74. The summed E-state index contributed by atoms with van der Waals surface area (Å²) in [6, 6.07) is 0.625. The van der Waals surface area contributed by atoms with Crippen molar-refractivity contribution in [3.8, 4) is 0 Å². The molecule has 20 heavy (non-hydrogen) atoms. The smallest absolute Gasteiger partial charge is 0.0612 e. The third-order valence-corrected chi connectivity index (χ3v) is 4.94. The van der Waals surface area contributed by atoms with E-state index in [4.69, 9.17) is 4.74 Å². The summed E-state index contributed by atoms with van der Waals surface area (Å²) in [5.41, 5.74) is 0.347. The summed E-state index contributed by atoms with van der Waals surface area (Å²) in [6.07, 6.45) is 10.3. The summed E-state index contributed by atoms with van der Waals surface area (Å²) >= 11 is 0. The molecule has 0 atom stereocenters. The van der Waals surface area contributed by atoms with Crippen molar-refractivity contribution in [1.29, 1.82) is 0 Å². The maximum absolute atomic E-state index is 9.34. The first kappa shape index (κ1) is 16.3. The van der Waals surface area contributed by atoms with Gasteiger partial charge in [-0.05, 0) is 58.3 Å². The molecular weight excluding hydrogens is 250 g/mol. The van der Waals surface area contributed by atoms with Crippen molar-refractivity contribution in [2.75, 3.05) is 13.2 Å². The van der Waals surface area contributed by atoms with Gasteiger partial charge in [0.1, 0.15) is 0 Å². The highest BCUT2D eigenvalue weighted by Gasteiger charge is 2.36. The minimum atomic E-state index is -0.0167. The Morgan fingerprint density at radius 1 is 1.15 bits per heavy atom. The van der Waals surface area contributed by atoms with Gasteiger partial charge in [0.2, 0.25) is 0 Å². The zero-order valence-electron chi connectivity index (χ0n) is 13.6. The lowest BCUT2D eigenvalue weighted by Crippen LogP contribution is -2.51. The van der Waals surface area contributed by atoms with E-state index in [0.29, 0.717) is 24.2 Å². The van der Waals surface area contributed by atoms with Gasteiger partial charge in [0, 0.05) is 19.2 Å². The minimum absolute atomic E-state index is 0.0167. The van der Waals surface area contributed by atoms with E-state index in [-0.39, 0.29) is 5.60 Å². The van der Waals surface area contributed by atoms with Gasteiger partial charge >= 0.3 is 0 Å². The monoisotopic (exact) mass is 283 g/mol. The van der Waals surface area contributed by atoms with Crippen LogP contribution in [-0.2, 0) is 4.74 Å². The Labute approximate surface area is 124 Å². The van der Waals surface area contributed by atoms with Gasteiger partial charge < -0.3 is 15.2 Å². The maximum Gasteiger partial charge on any atom is 0.0612 e. The van der Waals surface area contributed by atoms with E-state index in [1.807, 2.05) is 0 Å². The van der Waals surface area contributed by atoms with Gasteiger partial charge in [-0.15, -0.1) is 0 Å². The lowest BCUT2D eigenvalue weighted by Gasteiger charge is -2.43. The highest BCUT2D eigenvalue weighted by Crippen LogP contribution is 2.39. The van der Waals surface area contributed by atoms with Crippen LogP contribution in [-0.4, -0.2) is 36.0 Å². The zero-order chi connectivity index (χ0) is 14.6. The molecule has 0 amide bonds. The van der Waals surface area contributed by atoms with Crippen molar-refractivity contribution in [2.24, 2.45) is 5.41 Å². The number of aliphatic hydroxyl groups is 1. The van der Waals surface area contributed by atoms with Crippen molar-refractivity contribution in [2.45, 2.75) is 89.9 Å². The fraction of sp³-hybridized carbons (Fsp3) is 1.00. The number of hydrogen-bond donors (Lipinski definition) is 2. The summed E-state index contributed by atoms with van der Waals surface area (Å²) in [5.74, 6) is 0. The number of aliphatic hydroxyl groups excluding tert-OH is 1. The van der Waals surface area contributed by atoms with E-state index in [1.165, 1.54) is 32.1 Å². The van der Waals surface area contributed by atoms with Crippen LogP contribution < -0.4 is 5.32 Å². The molecular formula is C17H33NO2. The zero-order valence-corrected chi connectivity index (χ0v) is 13.6. The molecule has 118 valence electrons. The molecule has 0 aromatic rings. The second-order valence-electron chi connectivity index (χ2n) is 7.94. The summed E-state index contributed by atoms with van der Waals surface area (Å²) in [7, 11) is 0. The molecule has 0 unspecified atom stereocenters. The molecule has 2 N–H and O–H groups in total. The molecule has 0 radical (unpaired) electrons. The molecule has 2 aliphatic carbocycles. The molecule has 3 heteroatoms. The summed E-state index contributed by atoms with van der Waals surface area (Å²) in [6.45, 7) is 7.81. The number of ether oxygens (including phenoxy) is 1. The molecule has 2 saturated carbocycles. The predicted octanol–water partition coefficient (Wildman–Crippen LogP) is 3.26. The first-order chi connectivity index (χ1) is 9.42. The van der Waals surface area contributed by atoms with E-state index >= 15 is 0 Å². The number of hydrogen-bond acceptors (Lipinski definition) is 3. The van der Waals surface area contributed by atoms with Crippen molar-refractivity contribution in [3.05, 3.63) is 0 Å². The van der Waals surface area contributed by atoms with Gasteiger partial charge in [-0.1, -0.05) is 19.3 Å². The Morgan fingerprint density at radius 3 is 2.35 bits per heavy atom. The average molecular weight is 283 g/mol. The van der Waals surface area contributed by atoms with Gasteiger partial charge in [-0.3, -0.25) is 0 Å². The third-order valence-electron chi connectivity index (χ3n) is 4.94. The van der Waals surface area contributed by atoms with Crippen LogP contribution in [0.15, 0.2) is 0 Å². The summed E-state index contributed by atoms with van der Waals surface area (Å²) in [5, 5.41) is 13.1. The lowest BCUT2D eigenvalue weighted by molar-refractivity contribution is -0.103. The van der Waals surface area contributed by atoms with Crippen LogP contribution in [0.4, 0.5) is 0 Å². The molecule has 2 rings (SSSR count). The minimum Gasteiger partial charge on any atom is -0.396 e. The van der Waals surface area contributed by atoms with Gasteiger partial charge in [-0.25, -0.2) is 0 Å². The molecule has 0 heterocycles. The van der Waals surface area contributed by atoms with Crippen LogP contribution in [0.2, 0.25) is 0 Å². The van der Waals surface area contributed by atoms with Gasteiger partial charge in [0.25, 0.3) is 0 Å². The van der Waals surface area contributed by atoms with E-state index in [9.17, 15) is 5.11 Å². The number of nitrogens with one attached hydrogen (secondary N) is 1. The van der Waals surface area contributed by atoms with Crippen LogP contribution in [0, 0.1) is 5.41 Å². The highest BCUT2D eigenvalue weighted by atomic mass is 16.5. The van der Waals surface area contributed by atoms with Gasteiger partial charge in [0.05, 0.1) is 11.7 Å². The Hall–Kier alpha value is -0.120. The molecule has 0 bridgehead atoms. The Kier molecular flexibility index (Phi) is 5.49. The van der Waals surface area contributed by atoms with Crippen molar-refractivity contribution >= 4 is 0 Å². The largest absolute Gasteiger partial charge is 0.396 e. The second kappa shape index (κ2) is 6.76. The van der Waals surface area contributed by atoms with Crippen LogP contribution in [0.1, 0.15) is 72.1 Å². The van der Waals surface area contributed by atoms with E-state index < -0.39 is 0 Å². The van der Waals surface area contributed by atoms with E-state index in [0.717, 1.165) is 25.8 Å². The highest BCUT2D eigenvalue weighted by molar-refractivity contribution is 4.91. The molecule has 0 aromatic heterocycles.